The van der Waals surface area contributed by atoms with Crippen LogP contribution in [-0.2, 0) is 16.2 Å². The molecule has 0 saturated heterocycles. The Morgan fingerprint density at radius 1 is 1.07 bits per heavy atom. The largest absolute Gasteiger partial charge is 0.489 e. The van der Waals surface area contributed by atoms with Crippen molar-refractivity contribution in [1.82, 2.24) is 4.90 Å². The third-order valence-electron chi connectivity index (χ3n) is 4.46. The number of allylic oxidation sites excluding steroid dienone is 1. The van der Waals surface area contributed by atoms with Crippen molar-refractivity contribution in [3.05, 3.63) is 64.7 Å². The molecule has 2 rings (SSSR count). The first kappa shape index (κ1) is 23.3. The fourth-order valence-corrected chi connectivity index (χ4v) is 2.97. The molecule has 0 fully saturated rings. The predicted molar refractivity (Wildman–Crippen MR) is 117 cm³/mol. The molecule has 30 heavy (non-hydrogen) atoms. The lowest BCUT2D eigenvalue weighted by Gasteiger charge is -2.17. The van der Waals surface area contributed by atoms with Gasteiger partial charge in [0.15, 0.2) is 6.61 Å². The van der Waals surface area contributed by atoms with Crippen LogP contribution >= 0.6 is 11.6 Å². The van der Waals surface area contributed by atoms with Gasteiger partial charge < -0.3 is 19.5 Å². The Labute approximate surface area is 181 Å². The second-order valence-corrected chi connectivity index (χ2v) is 7.00. The van der Waals surface area contributed by atoms with E-state index in [2.05, 4.69) is 0 Å². The monoisotopic (exact) mass is 431 g/mol. The highest BCUT2D eigenvalue weighted by molar-refractivity contribution is 6.31. The van der Waals surface area contributed by atoms with Crippen LogP contribution in [0.5, 0.6) is 11.5 Å². The van der Waals surface area contributed by atoms with Crippen molar-refractivity contribution in [2.24, 2.45) is 0 Å². The molecule has 160 valence electrons. The first-order chi connectivity index (χ1) is 14.3. The van der Waals surface area contributed by atoms with Gasteiger partial charge in [0.1, 0.15) is 18.1 Å². The molecule has 0 bridgehead atoms. The number of nitrogens with zero attached hydrogens (tertiary/aromatic N) is 1. The molecule has 1 N–H and O–H groups in total. The van der Waals surface area contributed by atoms with E-state index >= 15 is 0 Å². The Morgan fingerprint density at radius 2 is 1.70 bits per heavy atom. The average molecular weight is 432 g/mol. The third-order valence-corrected chi connectivity index (χ3v) is 4.83. The van der Waals surface area contributed by atoms with Crippen LogP contribution in [0.15, 0.2) is 48.5 Å². The van der Waals surface area contributed by atoms with E-state index in [9.17, 15) is 9.59 Å². The van der Waals surface area contributed by atoms with E-state index in [1.165, 1.54) is 0 Å². The second-order valence-electron chi connectivity index (χ2n) is 6.59. The molecule has 0 spiro atoms. The fourth-order valence-electron chi connectivity index (χ4n) is 2.78. The lowest BCUT2D eigenvalue weighted by atomic mass is 10.1. The van der Waals surface area contributed by atoms with Crippen molar-refractivity contribution >= 4 is 29.1 Å². The van der Waals surface area contributed by atoms with Crippen LogP contribution in [0.3, 0.4) is 0 Å². The van der Waals surface area contributed by atoms with Crippen LogP contribution in [0.1, 0.15) is 31.9 Å². The number of carbonyl (C=O) groups excluding carboxylic acids is 1. The molecule has 0 heterocycles. The topological polar surface area (TPSA) is 76.1 Å². The van der Waals surface area contributed by atoms with Gasteiger partial charge in [-0.15, -0.1) is 0 Å². The van der Waals surface area contributed by atoms with E-state index in [0.717, 1.165) is 11.1 Å². The average Bonchev–Trinajstić information content (AvgIpc) is 2.72. The van der Waals surface area contributed by atoms with E-state index in [-0.39, 0.29) is 12.5 Å². The number of carbonyl (C=O) groups is 2. The van der Waals surface area contributed by atoms with Gasteiger partial charge in [-0.1, -0.05) is 29.8 Å². The highest BCUT2D eigenvalue weighted by Gasteiger charge is 2.11. The first-order valence-corrected chi connectivity index (χ1v) is 10.0. The molecule has 0 saturated carbocycles. The summed E-state index contributed by atoms with van der Waals surface area (Å²) < 4.78 is 11.2. The van der Waals surface area contributed by atoms with Crippen LogP contribution in [0.2, 0.25) is 5.02 Å². The van der Waals surface area contributed by atoms with Crippen LogP contribution in [0.25, 0.3) is 5.57 Å². The fraction of sp³-hybridized carbons (Fsp3) is 0.304. The maximum Gasteiger partial charge on any atom is 0.341 e. The maximum absolute atomic E-state index is 12.4. The summed E-state index contributed by atoms with van der Waals surface area (Å²) >= 11 is 6.18. The number of hydrogen-bond acceptors (Lipinski definition) is 4. The molecule has 0 aliphatic heterocycles. The lowest BCUT2D eigenvalue weighted by Crippen LogP contribution is -2.28. The Bertz CT molecular complexity index is 922. The summed E-state index contributed by atoms with van der Waals surface area (Å²) in [6, 6.07) is 12.4. The minimum atomic E-state index is -1.08. The Morgan fingerprint density at radius 3 is 2.30 bits per heavy atom. The Kier molecular flexibility index (Phi) is 8.74. The number of aliphatic carboxylic acids is 1. The van der Waals surface area contributed by atoms with E-state index < -0.39 is 12.6 Å². The van der Waals surface area contributed by atoms with Crippen LogP contribution in [0, 0.1) is 0 Å². The summed E-state index contributed by atoms with van der Waals surface area (Å²) in [5.41, 5.74) is 2.24. The number of hydrogen-bond donors (Lipinski definition) is 1. The number of amides is 1. The van der Waals surface area contributed by atoms with Crippen LogP contribution in [0.4, 0.5) is 0 Å². The number of carboxylic acid groups (broad SMARTS) is 1. The quantitative estimate of drug-likeness (QED) is 0.554. The second kappa shape index (κ2) is 11.3. The molecule has 0 aliphatic rings. The molecular weight excluding hydrogens is 406 g/mol. The molecule has 0 unspecified atom stereocenters. The highest BCUT2D eigenvalue weighted by atomic mass is 35.5. The molecule has 7 heteroatoms. The zero-order chi connectivity index (χ0) is 22.1. The van der Waals surface area contributed by atoms with Crippen molar-refractivity contribution in [1.29, 1.82) is 0 Å². The SMILES string of the molecule is CCN(CC)C(=O)/C=C(\C)c1cc(OCC(=O)O)cc(OCc2ccccc2Cl)c1. The highest BCUT2D eigenvalue weighted by Crippen LogP contribution is 2.28. The van der Waals surface area contributed by atoms with Gasteiger partial charge in [0.2, 0.25) is 5.91 Å². The van der Waals surface area contributed by atoms with Crippen LogP contribution in [-0.4, -0.2) is 41.6 Å². The summed E-state index contributed by atoms with van der Waals surface area (Å²) in [4.78, 5) is 25.0. The van der Waals surface area contributed by atoms with E-state index in [0.29, 0.717) is 35.2 Å². The van der Waals surface area contributed by atoms with Crippen molar-refractivity contribution in [3.63, 3.8) is 0 Å². The molecular formula is C23H26ClNO5. The number of likely N-dealkylation sites (N-methyl/N-ethyl adjacent to an activating group) is 1. The molecule has 2 aromatic carbocycles. The maximum atomic E-state index is 12.4. The van der Waals surface area contributed by atoms with Crippen molar-refractivity contribution in [2.45, 2.75) is 27.4 Å². The van der Waals surface area contributed by atoms with Gasteiger partial charge in [0.25, 0.3) is 0 Å². The van der Waals surface area contributed by atoms with Gasteiger partial charge in [0.05, 0.1) is 0 Å². The lowest BCUT2D eigenvalue weighted by molar-refractivity contribution is -0.139. The minimum Gasteiger partial charge on any atom is -0.489 e. The first-order valence-electron chi connectivity index (χ1n) is 9.67. The summed E-state index contributed by atoms with van der Waals surface area (Å²) in [5.74, 6) is -0.348. The molecule has 1 amide bonds. The minimum absolute atomic E-state index is 0.0899. The van der Waals surface area contributed by atoms with Crippen molar-refractivity contribution < 1.29 is 24.2 Å². The number of ether oxygens (including phenoxy) is 2. The normalized spacial score (nSPS) is 11.1. The molecule has 0 aromatic heterocycles. The molecule has 0 aliphatic carbocycles. The van der Waals surface area contributed by atoms with E-state index in [1.54, 1.807) is 35.2 Å². The number of carboxylic acids is 1. The number of halogens is 1. The van der Waals surface area contributed by atoms with Crippen molar-refractivity contribution in [2.75, 3.05) is 19.7 Å². The Hall–Kier alpha value is -2.99. The number of benzene rings is 2. The third kappa shape index (κ3) is 6.81. The van der Waals surface area contributed by atoms with Gasteiger partial charge in [-0.3, -0.25) is 4.79 Å². The standard InChI is InChI=1S/C23H26ClNO5/c1-4-25(5-2)22(26)10-16(3)18-11-19(13-20(12-18)30-15-23(27)28)29-14-17-8-6-7-9-21(17)24/h6-13H,4-5,14-15H2,1-3H3,(H,27,28)/b16-10+. The summed E-state index contributed by atoms with van der Waals surface area (Å²) in [5, 5.41) is 9.50. The van der Waals surface area contributed by atoms with Crippen LogP contribution < -0.4 is 9.47 Å². The Balaban J connectivity index is 2.30. The summed E-state index contributed by atoms with van der Waals surface area (Å²) in [7, 11) is 0. The van der Waals surface area contributed by atoms with Gasteiger partial charge in [-0.2, -0.15) is 0 Å². The zero-order valence-corrected chi connectivity index (χ0v) is 18.1. The summed E-state index contributed by atoms with van der Waals surface area (Å²) in [6.07, 6.45) is 1.56. The van der Waals surface area contributed by atoms with E-state index in [4.69, 9.17) is 26.2 Å². The van der Waals surface area contributed by atoms with Gasteiger partial charge in [0, 0.05) is 35.8 Å². The zero-order valence-electron chi connectivity index (χ0n) is 17.4. The molecule has 0 atom stereocenters. The van der Waals surface area contributed by atoms with Gasteiger partial charge >= 0.3 is 5.97 Å². The number of rotatable bonds is 10. The van der Waals surface area contributed by atoms with Gasteiger partial charge in [-0.25, -0.2) is 4.79 Å². The molecule has 2 aromatic rings. The van der Waals surface area contributed by atoms with Crippen molar-refractivity contribution in [3.8, 4) is 11.5 Å². The summed E-state index contributed by atoms with van der Waals surface area (Å²) in [6.45, 7) is 6.66. The molecule has 0 radical (unpaired) electrons. The molecule has 6 nitrogen and oxygen atoms in total. The van der Waals surface area contributed by atoms with Gasteiger partial charge in [-0.05, 0) is 50.1 Å². The van der Waals surface area contributed by atoms with E-state index in [1.807, 2.05) is 39.0 Å². The predicted octanol–water partition coefficient (Wildman–Crippen LogP) is 4.65. The smallest absolute Gasteiger partial charge is 0.341 e.